The Balaban J connectivity index is 1.83. The maximum absolute atomic E-state index is 6.91. The maximum Gasteiger partial charge on any atom is 0.143 e. The van der Waals surface area contributed by atoms with Crippen LogP contribution in [0.15, 0.2) is 78.9 Å². The van der Waals surface area contributed by atoms with Crippen molar-refractivity contribution in [2.45, 2.75) is 24.7 Å². The van der Waals surface area contributed by atoms with Gasteiger partial charge in [-0.3, -0.25) is 0 Å². The first-order chi connectivity index (χ1) is 16.1. The second kappa shape index (κ2) is 10.4. The van der Waals surface area contributed by atoms with Crippen LogP contribution in [0.1, 0.15) is 23.6 Å². The second-order valence-corrected chi connectivity index (χ2v) is 8.36. The summed E-state index contributed by atoms with van der Waals surface area (Å²) in [4.78, 5) is 0. The van der Waals surface area contributed by atoms with Crippen LogP contribution >= 0.6 is 0 Å². The zero-order chi connectivity index (χ0) is 23.3. The van der Waals surface area contributed by atoms with Crippen molar-refractivity contribution in [1.29, 1.82) is 0 Å². The minimum Gasteiger partial charge on any atom is -0.497 e. The van der Waals surface area contributed by atoms with Crippen LogP contribution in [0.4, 0.5) is 0 Å². The normalized spacial score (nSPS) is 20.5. The average molecular weight is 449 g/mol. The molecule has 174 valence electrons. The maximum atomic E-state index is 6.91. The predicted molar refractivity (Wildman–Crippen MR) is 128 cm³/mol. The van der Waals surface area contributed by atoms with Crippen LogP contribution in [0.25, 0.3) is 0 Å². The van der Waals surface area contributed by atoms with Gasteiger partial charge < -0.3 is 23.7 Å². The summed E-state index contributed by atoms with van der Waals surface area (Å²) in [5.74, 6) is 1.90. The van der Waals surface area contributed by atoms with Gasteiger partial charge in [-0.05, 0) is 41.0 Å². The van der Waals surface area contributed by atoms with Crippen LogP contribution < -0.4 is 9.47 Å². The molecule has 5 nitrogen and oxygen atoms in total. The van der Waals surface area contributed by atoms with Gasteiger partial charge in [0.15, 0.2) is 0 Å². The minimum absolute atomic E-state index is 0.00907. The lowest BCUT2D eigenvalue weighted by atomic mass is 9.80. The van der Waals surface area contributed by atoms with Gasteiger partial charge in [0, 0.05) is 13.0 Å². The molecule has 1 aliphatic rings. The standard InChI is InChI=1S/C28H32O5/c1-20-18-32-26(27(20)31-4)19-33-28(21-8-6-5-7-9-21,22-10-14-24(29-2)15-11-22)23-12-16-25(30-3)17-13-23/h5-17,20,26-27H,18-19H2,1-4H3/t20?,26-,27-/m1/s1. The first-order valence-corrected chi connectivity index (χ1v) is 11.2. The molecule has 1 saturated heterocycles. The van der Waals surface area contributed by atoms with Gasteiger partial charge in [0.2, 0.25) is 0 Å². The van der Waals surface area contributed by atoms with Crippen molar-refractivity contribution < 1.29 is 23.7 Å². The van der Waals surface area contributed by atoms with Gasteiger partial charge in [0.05, 0.1) is 33.5 Å². The molecule has 0 bridgehead atoms. The van der Waals surface area contributed by atoms with Crippen molar-refractivity contribution >= 4 is 0 Å². The van der Waals surface area contributed by atoms with E-state index < -0.39 is 5.60 Å². The van der Waals surface area contributed by atoms with E-state index in [0.717, 1.165) is 28.2 Å². The van der Waals surface area contributed by atoms with Crippen LogP contribution in [0.2, 0.25) is 0 Å². The van der Waals surface area contributed by atoms with E-state index in [1.54, 1.807) is 21.3 Å². The Morgan fingerprint density at radius 2 is 1.27 bits per heavy atom. The number of rotatable bonds is 9. The lowest BCUT2D eigenvalue weighted by Crippen LogP contribution is -2.39. The van der Waals surface area contributed by atoms with Gasteiger partial charge in [-0.1, -0.05) is 61.5 Å². The third-order valence-corrected chi connectivity index (χ3v) is 6.41. The summed E-state index contributed by atoms with van der Waals surface area (Å²) < 4.78 is 29.5. The van der Waals surface area contributed by atoms with E-state index in [-0.39, 0.29) is 12.2 Å². The summed E-state index contributed by atoms with van der Waals surface area (Å²) >= 11 is 0. The summed E-state index contributed by atoms with van der Waals surface area (Å²) in [6.45, 7) is 3.19. The van der Waals surface area contributed by atoms with Gasteiger partial charge >= 0.3 is 0 Å². The highest BCUT2D eigenvalue weighted by molar-refractivity contribution is 5.49. The number of hydrogen-bond acceptors (Lipinski definition) is 5. The molecule has 1 aliphatic heterocycles. The van der Waals surface area contributed by atoms with Crippen molar-refractivity contribution in [2.75, 3.05) is 34.5 Å². The number of hydrogen-bond donors (Lipinski definition) is 0. The van der Waals surface area contributed by atoms with Crippen molar-refractivity contribution in [1.82, 2.24) is 0 Å². The van der Waals surface area contributed by atoms with Crippen molar-refractivity contribution in [3.05, 3.63) is 95.6 Å². The highest BCUT2D eigenvalue weighted by Gasteiger charge is 2.41. The Labute approximate surface area is 196 Å². The fourth-order valence-electron chi connectivity index (χ4n) is 4.64. The Morgan fingerprint density at radius 1 is 0.758 bits per heavy atom. The summed E-state index contributed by atoms with van der Waals surface area (Å²) in [6, 6.07) is 26.4. The summed E-state index contributed by atoms with van der Waals surface area (Å²) in [5.41, 5.74) is 2.17. The molecule has 0 saturated carbocycles. The van der Waals surface area contributed by atoms with E-state index in [1.165, 1.54) is 0 Å². The van der Waals surface area contributed by atoms with Crippen LogP contribution in [0.3, 0.4) is 0 Å². The average Bonchev–Trinajstić information content (AvgIpc) is 3.25. The molecular weight excluding hydrogens is 416 g/mol. The van der Waals surface area contributed by atoms with E-state index in [9.17, 15) is 0 Å². The second-order valence-electron chi connectivity index (χ2n) is 8.36. The SMILES string of the molecule is COc1ccc(C(OC[C@H]2OCC(C)[C@H]2OC)(c2ccccc2)c2ccc(OC)cc2)cc1. The van der Waals surface area contributed by atoms with E-state index >= 15 is 0 Å². The number of benzene rings is 3. The van der Waals surface area contributed by atoms with Gasteiger partial charge in [-0.2, -0.15) is 0 Å². The van der Waals surface area contributed by atoms with E-state index in [1.807, 2.05) is 42.5 Å². The molecule has 4 rings (SSSR count). The third kappa shape index (κ3) is 4.62. The quantitative estimate of drug-likeness (QED) is 0.428. The first kappa shape index (κ1) is 23.3. The molecule has 0 spiro atoms. The van der Waals surface area contributed by atoms with Crippen molar-refractivity contribution in [2.24, 2.45) is 5.92 Å². The number of ether oxygens (including phenoxy) is 5. The molecule has 5 heteroatoms. The smallest absolute Gasteiger partial charge is 0.143 e. The van der Waals surface area contributed by atoms with E-state index in [4.69, 9.17) is 23.7 Å². The highest BCUT2D eigenvalue weighted by atomic mass is 16.6. The molecule has 0 aliphatic carbocycles. The molecule has 0 radical (unpaired) electrons. The zero-order valence-corrected chi connectivity index (χ0v) is 19.7. The molecule has 0 aromatic heterocycles. The minimum atomic E-state index is -0.854. The lowest BCUT2D eigenvalue weighted by molar-refractivity contribution is -0.0784. The predicted octanol–water partition coefficient (Wildman–Crippen LogP) is 5.06. The molecule has 3 atom stereocenters. The molecule has 1 fully saturated rings. The van der Waals surface area contributed by atoms with Gasteiger partial charge in [-0.15, -0.1) is 0 Å². The molecule has 3 aromatic rings. The number of methoxy groups -OCH3 is 3. The van der Waals surface area contributed by atoms with Gasteiger partial charge in [-0.25, -0.2) is 0 Å². The summed E-state index contributed by atoms with van der Waals surface area (Å²) in [6.07, 6.45) is -0.158. The van der Waals surface area contributed by atoms with E-state index in [2.05, 4.69) is 43.3 Å². The first-order valence-electron chi connectivity index (χ1n) is 11.2. The zero-order valence-electron chi connectivity index (χ0n) is 19.7. The third-order valence-electron chi connectivity index (χ3n) is 6.41. The Kier molecular flexibility index (Phi) is 7.33. The van der Waals surface area contributed by atoms with Gasteiger partial charge in [0.25, 0.3) is 0 Å². The van der Waals surface area contributed by atoms with E-state index in [0.29, 0.717) is 19.1 Å². The summed E-state index contributed by atoms with van der Waals surface area (Å²) in [5, 5.41) is 0. The monoisotopic (exact) mass is 448 g/mol. The molecule has 1 unspecified atom stereocenters. The fraction of sp³-hybridized carbons (Fsp3) is 0.357. The van der Waals surface area contributed by atoms with Crippen molar-refractivity contribution in [3.8, 4) is 11.5 Å². The van der Waals surface area contributed by atoms with Crippen molar-refractivity contribution in [3.63, 3.8) is 0 Å². The topological polar surface area (TPSA) is 46.2 Å². The molecule has 33 heavy (non-hydrogen) atoms. The highest BCUT2D eigenvalue weighted by Crippen LogP contribution is 2.42. The molecule has 0 N–H and O–H groups in total. The molecule has 0 amide bonds. The van der Waals surface area contributed by atoms with Crippen LogP contribution in [0, 0.1) is 5.92 Å². The van der Waals surface area contributed by atoms with Crippen LogP contribution in [0.5, 0.6) is 11.5 Å². The molecule has 3 aromatic carbocycles. The van der Waals surface area contributed by atoms with Crippen LogP contribution in [-0.4, -0.2) is 46.8 Å². The largest absolute Gasteiger partial charge is 0.497 e. The fourth-order valence-corrected chi connectivity index (χ4v) is 4.64. The van der Waals surface area contributed by atoms with Gasteiger partial charge in [0.1, 0.15) is 23.2 Å². The molecule has 1 heterocycles. The Hall–Kier alpha value is -2.86. The Morgan fingerprint density at radius 3 is 1.76 bits per heavy atom. The molecular formula is C28H32O5. The Bertz CT molecular complexity index is 953. The summed E-state index contributed by atoms with van der Waals surface area (Å²) in [7, 11) is 5.08. The van der Waals surface area contributed by atoms with Crippen LogP contribution in [-0.2, 0) is 19.8 Å². The lowest BCUT2D eigenvalue weighted by Gasteiger charge is -2.37.